The van der Waals surface area contributed by atoms with Gasteiger partial charge in [-0.3, -0.25) is 9.48 Å². The van der Waals surface area contributed by atoms with Crippen LogP contribution >= 0.6 is 0 Å². The maximum atomic E-state index is 11.6. The quantitative estimate of drug-likeness (QED) is 0.809. The van der Waals surface area contributed by atoms with Crippen LogP contribution in [0.2, 0.25) is 0 Å². The van der Waals surface area contributed by atoms with Crippen molar-refractivity contribution < 1.29 is 9.21 Å². The van der Waals surface area contributed by atoms with E-state index in [0.717, 1.165) is 5.69 Å². The molecule has 78 valence electrons. The number of anilines is 1. The predicted octanol–water partition coefficient (Wildman–Crippen LogP) is 1.57. The number of aryl methyl sites for hydroxylation is 2. The van der Waals surface area contributed by atoms with Crippen LogP contribution < -0.4 is 5.32 Å². The number of furan rings is 1. The van der Waals surface area contributed by atoms with E-state index in [1.807, 2.05) is 6.92 Å². The summed E-state index contributed by atoms with van der Waals surface area (Å²) in [5.74, 6) is 0.463. The number of hydrogen-bond acceptors (Lipinski definition) is 3. The number of nitrogens with one attached hydrogen (secondary N) is 1. The molecule has 0 fully saturated rings. The smallest absolute Gasteiger partial charge is 0.260 e. The third kappa shape index (κ3) is 1.90. The van der Waals surface area contributed by atoms with Crippen molar-refractivity contribution in [2.24, 2.45) is 7.05 Å². The van der Waals surface area contributed by atoms with E-state index in [1.54, 1.807) is 23.9 Å². The minimum atomic E-state index is -0.202. The van der Waals surface area contributed by atoms with Crippen LogP contribution in [0.5, 0.6) is 0 Å². The summed E-state index contributed by atoms with van der Waals surface area (Å²) in [6, 6.07) is 3.41. The molecule has 0 aliphatic carbocycles. The third-order valence-corrected chi connectivity index (χ3v) is 2.03. The lowest BCUT2D eigenvalue weighted by atomic mass is 10.3. The van der Waals surface area contributed by atoms with Gasteiger partial charge in [0.1, 0.15) is 12.1 Å². The molecule has 0 aliphatic heterocycles. The highest BCUT2D eigenvalue weighted by Crippen LogP contribution is 2.10. The summed E-state index contributed by atoms with van der Waals surface area (Å²) in [6.45, 7) is 1.87. The molecule has 0 aliphatic rings. The van der Waals surface area contributed by atoms with Crippen LogP contribution in [0.15, 0.2) is 29.1 Å². The second-order valence-corrected chi connectivity index (χ2v) is 3.26. The Hall–Kier alpha value is -2.04. The Kier molecular flexibility index (Phi) is 2.29. The van der Waals surface area contributed by atoms with Gasteiger partial charge in [-0.05, 0) is 13.0 Å². The summed E-state index contributed by atoms with van der Waals surface area (Å²) in [5.41, 5.74) is 1.36. The molecule has 0 atom stereocenters. The van der Waals surface area contributed by atoms with Gasteiger partial charge in [0.05, 0.1) is 17.5 Å². The Morgan fingerprint density at radius 3 is 2.93 bits per heavy atom. The largest absolute Gasteiger partial charge is 0.472 e. The summed E-state index contributed by atoms with van der Waals surface area (Å²) in [4.78, 5) is 11.6. The van der Waals surface area contributed by atoms with Gasteiger partial charge in [0.2, 0.25) is 0 Å². The van der Waals surface area contributed by atoms with Crippen molar-refractivity contribution >= 4 is 11.7 Å². The summed E-state index contributed by atoms with van der Waals surface area (Å²) >= 11 is 0. The van der Waals surface area contributed by atoms with Gasteiger partial charge in [-0.25, -0.2) is 0 Å². The van der Waals surface area contributed by atoms with Crippen LogP contribution in [0, 0.1) is 6.92 Å². The first-order valence-corrected chi connectivity index (χ1v) is 4.51. The number of aromatic nitrogens is 2. The Balaban J connectivity index is 2.16. The lowest BCUT2D eigenvalue weighted by molar-refractivity contribution is 0.102. The molecule has 0 aromatic carbocycles. The maximum Gasteiger partial charge on any atom is 0.260 e. The van der Waals surface area contributed by atoms with Gasteiger partial charge in [0, 0.05) is 13.1 Å². The fourth-order valence-corrected chi connectivity index (χ4v) is 1.31. The predicted molar refractivity (Wildman–Crippen MR) is 54.6 cm³/mol. The molecule has 0 saturated carbocycles. The van der Waals surface area contributed by atoms with Crippen LogP contribution in [-0.2, 0) is 7.05 Å². The summed E-state index contributed by atoms with van der Waals surface area (Å²) in [5, 5.41) is 6.86. The number of rotatable bonds is 2. The fraction of sp³-hybridized carbons (Fsp3) is 0.200. The standard InChI is InChI=1S/C10H11N3O2/c1-7-5-9(13(2)12-7)11-10(14)8-3-4-15-6-8/h3-6H,1-2H3,(H,11,14). The molecule has 1 N–H and O–H groups in total. The Labute approximate surface area is 86.7 Å². The summed E-state index contributed by atoms with van der Waals surface area (Å²) in [6.07, 6.45) is 2.86. The van der Waals surface area contributed by atoms with E-state index in [9.17, 15) is 4.79 Å². The highest BCUT2D eigenvalue weighted by Gasteiger charge is 2.09. The monoisotopic (exact) mass is 205 g/mol. The van der Waals surface area contributed by atoms with Gasteiger partial charge in [-0.1, -0.05) is 0 Å². The minimum Gasteiger partial charge on any atom is -0.472 e. The molecule has 0 spiro atoms. The SMILES string of the molecule is Cc1cc(NC(=O)c2ccoc2)n(C)n1. The van der Waals surface area contributed by atoms with Crippen LogP contribution in [0.1, 0.15) is 16.1 Å². The first kappa shape index (κ1) is 9.51. The van der Waals surface area contributed by atoms with Crippen molar-refractivity contribution in [1.82, 2.24) is 9.78 Å². The average Bonchev–Trinajstić information content (AvgIpc) is 2.76. The molecule has 2 aromatic rings. The molecular formula is C10H11N3O2. The topological polar surface area (TPSA) is 60.1 Å². The van der Waals surface area contributed by atoms with Crippen LogP contribution in [-0.4, -0.2) is 15.7 Å². The zero-order chi connectivity index (χ0) is 10.8. The van der Waals surface area contributed by atoms with Crippen LogP contribution in [0.3, 0.4) is 0 Å². The Bertz CT molecular complexity index is 471. The molecule has 2 heterocycles. The van der Waals surface area contributed by atoms with E-state index in [1.165, 1.54) is 12.5 Å². The molecule has 15 heavy (non-hydrogen) atoms. The molecule has 0 radical (unpaired) electrons. The van der Waals surface area contributed by atoms with E-state index >= 15 is 0 Å². The molecule has 2 aromatic heterocycles. The number of amides is 1. The highest BCUT2D eigenvalue weighted by molar-refractivity contribution is 6.03. The van der Waals surface area contributed by atoms with Crippen molar-refractivity contribution in [3.05, 3.63) is 35.9 Å². The van der Waals surface area contributed by atoms with E-state index in [-0.39, 0.29) is 5.91 Å². The summed E-state index contributed by atoms with van der Waals surface area (Å²) in [7, 11) is 1.78. The zero-order valence-corrected chi connectivity index (χ0v) is 8.52. The van der Waals surface area contributed by atoms with Crippen LogP contribution in [0.4, 0.5) is 5.82 Å². The van der Waals surface area contributed by atoms with Crippen molar-refractivity contribution in [3.63, 3.8) is 0 Å². The second kappa shape index (κ2) is 3.61. The van der Waals surface area contributed by atoms with Gasteiger partial charge in [0.25, 0.3) is 5.91 Å². The van der Waals surface area contributed by atoms with Crippen molar-refractivity contribution in [3.8, 4) is 0 Å². The average molecular weight is 205 g/mol. The zero-order valence-electron chi connectivity index (χ0n) is 8.52. The van der Waals surface area contributed by atoms with Gasteiger partial charge in [-0.2, -0.15) is 5.10 Å². The van der Waals surface area contributed by atoms with E-state index in [2.05, 4.69) is 10.4 Å². The first-order valence-electron chi connectivity index (χ1n) is 4.51. The normalized spacial score (nSPS) is 10.3. The lowest BCUT2D eigenvalue weighted by Crippen LogP contribution is -2.13. The number of hydrogen-bond donors (Lipinski definition) is 1. The Morgan fingerprint density at radius 1 is 1.60 bits per heavy atom. The van der Waals surface area contributed by atoms with Crippen molar-refractivity contribution in [1.29, 1.82) is 0 Å². The van der Waals surface area contributed by atoms with Crippen molar-refractivity contribution in [2.75, 3.05) is 5.32 Å². The molecule has 5 nitrogen and oxygen atoms in total. The summed E-state index contributed by atoms with van der Waals surface area (Å²) < 4.78 is 6.44. The molecule has 0 saturated heterocycles. The molecular weight excluding hydrogens is 194 g/mol. The number of nitrogens with zero attached hydrogens (tertiary/aromatic N) is 2. The second-order valence-electron chi connectivity index (χ2n) is 3.26. The van der Waals surface area contributed by atoms with E-state index in [0.29, 0.717) is 11.4 Å². The van der Waals surface area contributed by atoms with Crippen LogP contribution in [0.25, 0.3) is 0 Å². The van der Waals surface area contributed by atoms with Gasteiger partial charge in [0.15, 0.2) is 0 Å². The third-order valence-electron chi connectivity index (χ3n) is 2.03. The molecule has 5 heteroatoms. The molecule has 0 bridgehead atoms. The molecule has 2 rings (SSSR count). The first-order chi connectivity index (χ1) is 7.16. The fourth-order valence-electron chi connectivity index (χ4n) is 1.31. The van der Waals surface area contributed by atoms with E-state index < -0.39 is 0 Å². The van der Waals surface area contributed by atoms with Crippen molar-refractivity contribution in [2.45, 2.75) is 6.92 Å². The van der Waals surface area contributed by atoms with Gasteiger partial charge < -0.3 is 9.73 Å². The molecule has 1 amide bonds. The maximum absolute atomic E-state index is 11.6. The van der Waals surface area contributed by atoms with E-state index in [4.69, 9.17) is 4.42 Å². The minimum absolute atomic E-state index is 0.202. The number of carbonyl (C=O) groups is 1. The van der Waals surface area contributed by atoms with Gasteiger partial charge in [-0.15, -0.1) is 0 Å². The Morgan fingerprint density at radius 2 is 2.40 bits per heavy atom. The van der Waals surface area contributed by atoms with Gasteiger partial charge >= 0.3 is 0 Å². The molecule has 0 unspecified atom stereocenters. The highest BCUT2D eigenvalue weighted by atomic mass is 16.3. The lowest BCUT2D eigenvalue weighted by Gasteiger charge is -2.02. The number of carbonyl (C=O) groups excluding carboxylic acids is 1.